The number of anilines is 1. The second-order valence-electron chi connectivity index (χ2n) is 4.28. The summed E-state index contributed by atoms with van der Waals surface area (Å²) in [5, 5.41) is 3.91. The van der Waals surface area contributed by atoms with Crippen LogP contribution in [-0.4, -0.2) is 18.2 Å². The smallest absolute Gasteiger partial charge is 0.266 e. The van der Waals surface area contributed by atoms with Crippen molar-refractivity contribution in [3.05, 3.63) is 40.1 Å². The van der Waals surface area contributed by atoms with Gasteiger partial charge in [0.2, 0.25) is 0 Å². The fourth-order valence-electron chi connectivity index (χ4n) is 1.64. The van der Waals surface area contributed by atoms with Gasteiger partial charge in [0, 0.05) is 7.05 Å². The molecule has 0 spiro atoms. The average Bonchev–Trinajstić information content (AvgIpc) is 2.66. The van der Waals surface area contributed by atoms with Crippen molar-refractivity contribution < 1.29 is 8.42 Å². The molecule has 1 N–H and O–H groups in total. The van der Waals surface area contributed by atoms with Gasteiger partial charge < -0.3 is 0 Å². The number of aryl methyl sites for hydroxylation is 2. The molecule has 0 atom stereocenters. The van der Waals surface area contributed by atoms with Crippen LogP contribution in [0.15, 0.2) is 33.9 Å². The summed E-state index contributed by atoms with van der Waals surface area (Å²) in [5.41, 5.74) is 2.52. The third-order valence-corrected chi connectivity index (χ3v) is 5.54. The Morgan fingerprint density at radius 2 is 2.00 bits per heavy atom. The molecule has 0 aliphatic carbocycles. The maximum absolute atomic E-state index is 12.3. The standard InChI is InChI=1S/C12H14BrN3O2S/c1-8-5-4-6-10(9(8)2)15-19(17,18)11-7-14-16(3)12(11)13/h4-7,15H,1-3H3. The molecule has 1 heterocycles. The normalized spacial score (nSPS) is 11.6. The van der Waals surface area contributed by atoms with Crippen molar-refractivity contribution in [3.63, 3.8) is 0 Å². The van der Waals surface area contributed by atoms with Crippen LogP contribution in [0, 0.1) is 13.8 Å². The number of benzene rings is 1. The molecule has 0 fully saturated rings. The Hall–Kier alpha value is -1.34. The van der Waals surface area contributed by atoms with Gasteiger partial charge in [-0.2, -0.15) is 5.10 Å². The number of halogens is 1. The van der Waals surface area contributed by atoms with Crippen LogP contribution in [0.5, 0.6) is 0 Å². The lowest BCUT2D eigenvalue weighted by molar-refractivity contribution is 0.600. The van der Waals surface area contributed by atoms with Crippen LogP contribution in [0.2, 0.25) is 0 Å². The zero-order chi connectivity index (χ0) is 14.2. The van der Waals surface area contributed by atoms with Gasteiger partial charge in [0.05, 0.1) is 11.9 Å². The number of hydrogen-bond acceptors (Lipinski definition) is 3. The number of rotatable bonds is 3. The van der Waals surface area contributed by atoms with Gasteiger partial charge in [-0.1, -0.05) is 12.1 Å². The molecule has 5 nitrogen and oxygen atoms in total. The van der Waals surface area contributed by atoms with Gasteiger partial charge in [-0.3, -0.25) is 9.40 Å². The maximum Gasteiger partial charge on any atom is 0.266 e. The van der Waals surface area contributed by atoms with Crippen LogP contribution in [0.25, 0.3) is 0 Å². The molecule has 1 aromatic heterocycles. The molecule has 19 heavy (non-hydrogen) atoms. The Bertz CT molecular complexity index is 723. The van der Waals surface area contributed by atoms with Crippen molar-refractivity contribution in [1.82, 2.24) is 9.78 Å². The van der Waals surface area contributed by atoms with Crippen LogP contribution in [0.1, 0.15) is 11.1 Å². The third-order valence-electron chi connectivity index (χ3n) is 2.97. The summed E-state index contributed by atoms with van der Waals surface area (Å²) >= 11 is 3.21. The largest absolute Gasteiger partial charge is 0.279 e. The number of sulfonamides is 1. The van der Waals surface area contributed by atoms with Gasteiger partial charge in [-0.05, 0) is 47.0 Å². The lowest BCUT2D eigenvalue weighted by Crippen LogP contribution is -2.14. The Morgan fingerprint density at radius 1 is 1.32 bits per heavy atom. The van der Waals surface area contributed by atoms with E-state index >= 15 is 0 Å². The summed E-state index contributed by atoms with van der Waals surface area (Å²) in [5.74, 6) is 0. The molecule has 0 saturated carbocycles. The van der Waals surface area contributed by atoms with Crippen molar-refractivity contribution in [2.24, 2.45) is 7.05 Å². The molecule has 102 valence electrons. The summed E-state index contributed by atoms with van der Waals surface area (Å²) in [4.78, 5) is 0.121. The lowest BCUT2D eigenvalue weighted by atomic mass is 10.1. The van der Waals surface area contributed by atoms with E-state index in [1.54, 1.807) is 13.1 Å². The topological polar surface area (TPSA) is 64.0 Å². The molecule has 0 aliphatic heterocycles. The minimum absolute atomic E-state index is 0.121. The molecule has 0 amide bonds. The van der Waals surface area contributed by atoms with E-state index in [1.807, 2.05) is 26.0 Å². The van der Waals surface area contributed by atoms with E-state index in [4.69, 9.17) is 0 Å². The van der Waals surface area contributed by atoms with Gasteiger partial charge in [-0.15, -0.1) is 0 Å². The van der Waals surface area contributed by atoms with Crippen LogP contribution in [0.3, 0.4) is 0 Å². The highest BCUT2D eigenvalue weighted by atomic mass is 79.9. The molecule has 2 aromatic rings. The van der Waals surface area contributed by atoms with Crippen LogP contribution in [-0.2, 0) is 17.1 Å². The molecule has 0 radical (unpaired) electrons. The Labute approximate surface area is 120 Å². The van der Waals surface area contributed by atoms with E-state index in [2.05, 4.69) is 25.8 Å². The highest BCUT2D eigenvalue weighted by molar-refractivity contribution is 9.10. The minimum Gasteiger partial charge on any atom is -0.279 e. The summed E-state index contributed by atoms with van der Waals surface area (Å²) in [6.45, 7) is 3.82. The Morgan fingerprint density at radius 3 is 2.58 bits per heavy atom. The van der Waals surface area contributed by atoms with E-state index in [1.165, 1.54) is 10.9 Å². The molecular formula is C12H14BrN3O2S. The second kappa shape index (κ2) is 4.97. The highest BCUT2D eigenvalue weighted by Crippen LogP contribution is 2.25. The van der Waals surface area contributed by atoms with E-state index in [9.17, 15) is 8.42 Å². The van der Waals surface area contributed by atoms with Crippen molar-refractivity contribution >= 4 is 31.6 Å². The molecule has 1 aromatic carbocycles. The van der Waals surface area contributed by atoms with E-state index in [0.717, 1.165) is 11.1 Å². The molecule has 0 bridgehead atoms. The first-order valence-corrected chi connectivity index (χ1v) is 7.87. The predicted molar refractivity (Wildman–Crippen MR) is 77.6 cm³/mol. The first kappa shape index (κ1) is 14.1. The predicted octanol–water partition coefficient (Wildman–Crippen LogP) is 2.60. The Kier molecular flexibility index (Phi) is 3.69. The van der Waals surface area contributed by atoms with Crippen molar-refractivity contribution in [3.8, 4) is 0 Å². The molecule has 0 unspecified atom stereocenters. The lowest BCUT2D eigenvalue weighted by Gasteiger charge is -2.11. The number of nitrogens with one attached hydrogen (secondary N) is 1. The summed E-state index contributed by atoms with van der Waals surface area (Å²) in [6.07, 6.45) is 1.32. The van der Waals surface area contributed by atoms with Crippen molar-refractivity contribution in [2.75, 3.05) is 4.72 Å². The van der Waals surface area contributed by atoms with Crippen LogP contribution < -0.4 is 4.72 Å². The van der Waals surface area contributed by atoms with Gasteiger partial charge in [0.25, 0.3) is 10.0 Å². The molecular weight excluding hydrogens is 330 g/mol. The minimum atomic E-state index is -3.64. The maximum atomic E-state index is 12.3. The molecule has 0 aliphatic rings. The molecule has 0 saturated heterocycles. The van der Waals surface area contributed by atoms with E-state index in [0.29, 0.717) is 10.3 Å². The van der Waals surface area contributed by atoms with E-state index in [-0.39, 0.29) is 4.90 Å². The van der Waals surface area contributed by atoms with Gasteiger partial charge in [0.1, 0.15) is 9.50 Å². The number of hydrogen-bond donors (Lipinski definition) is 1. The number of aromatic nitrogens is 2. The fraction of sp³-hybridized carbons (Fsp3) is 0.250. The van der Waals surface area contributed by atoms with Crippen LogP contribution in [0.4, 0.5) is 5.69 Å². The SMILES string of the molecule is Cc1cccc(NS(=O)(=O)c2cnn(C)c2Br)c1C. The Balaban J connectivity index is 2.42. The van der Waals surface area contributed by atoms with Crippen molar-refractivity contribution in [1.29, 1.82) is 0 Å². The highest BCUT2D eigenvalue weighted by Gasteiger charge is 2.21. The van der Waals surface area contributed by atoms with Crippen molar-refractivity contribution in [2.45, 2.75) is 18.7 Å². The average molecular weight is 344 g/mol. The second-order valence-corrected chi connectivity index (χ2v) is 6.68. The monoisotopic (exact) mass is 343 g/mol. The van der Waals surface area contributed by atoms with Gasteiger partial charge in [0.15, 0.2) is 0 Å². The van der Waals surface area contributed by atoms with E-state index < -0.39 is 10.0 Å². The summed E-state index contributed by atoms with van der Waals surface area (Å²) < 4.78 is 29.1. The quantitative estimate of drug-likeness (QED) is 0.931. The first-order chi connectivity index (χ1) is 8.83. The molecule has 2 rings (SSSR count). The van der Waals surface area contributed by atoms with Gasteiger partial charge in [-0.25, -0.2) is 8.42 Å². The zero-order valence-corrected chi connectivity index (χ0v) is 13.2. The third kappa shape index (κ3) is 2.66. The van der Waals surface area contributed by atoms with Crippen LogP contribution >= 0.6 is 15.9 Å². The summed E-state index contributed by atoms with van der Waals surface area (Å²) in [7, 11) is -1.97. The summed E-state index contributed by atoms with van der Waals surface area (Å²) in [6, 6.07) is 5.50. The molecule has 7 heteroatoms. The zero-order valence-electron chi connectivity index (χ0n) is 10.8. The first-order valence-electron chi connectivity index (χ1n) is 5.59. The fourth-order valence-corrected chi connectivity index (χ4v) is 3.64. The number of nitrogens with zero attached hydrogens (tertiary/aromatic N) is 2. The van der Waals surface area contributed by atoms with Gasteiger partial charge >= 0.3 is 0 Å².